The van der Waals surface area contributed by atoms with E-state index in [1.165, 1.54) is 25.4 Å². The van der Waals surface area contributed by atoms with Crippen LogP contribution in [0.2, 0.25) is 0 Å². The zero-order valence-corrected chi connectivity index (χ0v) is 12.5. The highest BCUT2D eigenvalue weighted by Gasteiger charge is 2.17. The number of carbonyl (C=O) groups excluding carboxylic acids is 2. The summed E-state index contributed by atoms with van der Waals surface area (Å²) >= 11 is 0. The van der Waals surface area contributed by atoms with Crippen LogP contribution in [0.4, 0.5) is 0 Å². The normalized spacial score (nSPS) is 11.2. The van der Waals surface area contributed by atoms with Gasteiger partial charge in [0, 0.05) is 0 Å². The van der Waals surface area contributed by atoms with Crippen molar-refractivity contribution >= 4 is 22.7 Å². The van der Waals surface area contributed by atoms with Gasteiger partial charge in [0.15, 0.2) is 17.3 Å². The molecule has 0 unspecified atom stereocenters. The van der Waals surface area contributed by atoms with Gasteiger partial charge in [-0.1, -0.05) is 30.3 Å². The second-order valence-electron chi connectivity index (χ2n) is 5.05. The summed E-state index contributed by atoms with van der Waals surface area (Å²) in [6, 6.07) is 9.72. The topological polar surface area (TPSA) is 77.7 Å². The molecular weight excluding hydrogens is 292 g/mol. The standard InChI is InChI=1S/C17H14N4O2/c1-12(22)7-8-15(23)17-20-14-9-18-11-19-16(14)21(17)10-13-5-3-2-4-6-13/h2-9,11H,10H2,1H3/b8-7+. The van der Waals surface area contributed by atoms with Gasteiger partial charge >= 0.3 is 0 Å². The number of nitrogens with zero attached hydrogens (tertiary/aromatic N) is 4. The summed E-state index contributed by atoms with van der Waals surface area (Å²) in [7, 11) is 0. The van der Waals surface area contributed by atoms with Gasteiger partial charge in [-0.15, -0.1) is 0 Å². The van der Waals surface area contributed by atoms with Crippen LogP contribution < -0.4 is 0 Å². The lowest BCUT2D eigenvalue weighted by atomic mass is 10.2. The molecular formula is C17H14N4O2. The van der Waals surface area contributed by atoms with Crippen molar-refractivity contribution in [2.45, 2.75) is 13.5 Å². The van der Waals surface area contributed by atoms with Crippen molar-refractivity contribution in [2.75, 3.05) is 0 Å². The molecule has 0 bridgehead atoms. The van der Waals surface area contributed by atoms with E-state index in [0.29, 0.717) is 17.7 Å². The average molecular weight is 306 g/mol. The number of hydrogen-bond acceptors (Lipinski definition) is 5. The summed E-state index contributed by atoms with van der Waals surface area (Å²) in [6.45, 7) is 1.85. The summed E-state index contributed by atoms with van der Waals surface area (Å²) in [5, 5.41) is 0. The molecule has 1 aromatic carbocycles. The first-order valence-electron chi connectivity index (χ1n) is 7.08. The van der Waals surface area contributed by atoms with Crippen LogP contribution in [0.5, 0.6) is 0 Å². The van der Waals surface area contributed by atoms with Crippen LogP contribution >= 0.6 is 0 Å². The Morgan fingerprint density at radius 3 is 2.70 bits per heavy atom. The number of imidazole rings is 1. The minimum Gasteiger partial charge on any atom is -0.301 e. The van der Waals surface area contributed by atoms with E-state index in [9.17, 15) is 9.59 Å². The van der Waals surface area contributed by atoms with Crippen LogP contribution in [0, 0.1) is 0 Å². The molecule has 0 amide bonds. The molecule has 3 rings (SSSR count). The smallest absolute Gasteiger partial charge is 0.221 e. The summed E-state index contributed by atoms with van der Waals surface area (Å²) in [5.74, 6) is -0.292. The van der Waals surface area contributed by atoms with Crippen LogP contribution in [-0.2, 0) is 11.3 Å². The number of hydrogen-bond donors (Lipinski definition) is 0. The van der Waals surface area contributed by atoms with E-state index in [1.54, 1.807) is 10.8 Å². The van der Waals surface area contributed by atoms with Gasteiger partial charge in [-0.05, 0) is 24.6 Å². The van der Waals surface area contributed by atoms with E-state index >= 15 is 0 Å². The van der Waals surface area contributed by atoms with Crippen molar-refractivity contribution in [3.63, 3.8) is 0 Å². The number of ketones is 2. The number of rotatable bonds is 5. The number of carbonyl (C=O) groups is 2. The molecule has 0 spiro atoms. The molecule has 0 aliphatic carbocycles. The average Bonchev–Trinajstić information content (AvgIpc) is 2.92. The molecule has 23 heavy (non-hydrogen) atoms. The summed E-state index contributed by atoms with van der Waals surface area (Å²) < 4.78 is 1.74. The number of fused-ring (bicyclic) bond motifs is 1. The first-order valence-corrected chi connectivity index (χ1v) is 7.08. The maximum Gasteiger partial charge on any atom is 0.221 e. The van der Waals surface area contributed by atoms with Crippen molar-refractivity contribution in [3.8, 4) is 0 Å². The molecule has 0 radical (unpaired) electrons. The van der Waals surface area contributed by atoms with Gasteiger partial charge in [0.25, 0.3) is 0 Å². The molecule has 2 aromatic heterocycles. The first-order chi connectivity index (χ1) is 11.1. The summed E-state index contributed by atoms with van der Waals surface area (Å²) in [4.78, 5) is 35.9. The van der Waals surface area contributed by atoms with E-state index in [0.717, 1.165) is 5.56 Å². The van der Waals surface area contributed by atoms with Gasteiger partial charge < -0.3 is 4.57 Å². The lowest BCUT2D eigenvalue weighted by Crippen LogP contribution is -2.10. The monoisotopic (exact) mass is 306 g/mol. The largest absolute Gasteiger partial charge is 0.301 e. The number of allylic oxidation sites excluding steroid dienone is 2. The Bertz CT molecular complexity index is 897. The molecule has 0 aliphatic heterocycles. The second kappa shape index (κ2) is 6.31. The van der Waals surface area contributed by atoms with Crippen molar-refractivity contribution in [2.24, 2.45) is 0 Å². The zero-order chi connectivity index (χ0) is 16.2. The Balaban J connectivity index is 2.08. The van der Waals surface area contributed by atoms with Crippen molar-refractivity contribution < 1.29 is 9.59 Å². The van der Waals surface area contributed by atoms with Crippen molar-refractivity contribution in [1.82, 2.24) is 19.5 Å². The fourth-order valence-electron chi connectivity index (χ4n) is 2.25. The fraction of sp³-hybridized carbons (Fsp3) is 0.118. The van der Waals surface area contributed by atoms with Gasteiger partial charge in [0.05, 0.1) is 12.7 Å². The van der Waals surface area contributed by atoms with E-state index < -0.39 is 0 Å². The molecule has 2 heterocycles. The van der Waals surface area contributed by atoms with Crippen LogP contribution in [0.15, 0.2) is 55.0 Å². The fourth-order valence-corrected chi connectivity index (χ4v) is 2.25. The Morgan fingerprint density at radius 1 is 1.17 bits per heavy atom. The van der Waals surface area contributed by atoms with Crippen LogP contribution in [0.25, 0.3) is 11.2 Å². The molecule has 6 nitrogen and oxygen atoms in total. The summed E-state index contributed by atoms with van der Waals surface area (Å²) in [5.41, 5.74) is 2.15. The molecule has 0 saturated carbocycles. The van der Waals surface area contributed by atoms with Gasteiger partial charge in [-0.3, -0.25) is 9.59 Å². The van der Waals surface area contributed by atoms with Gasteiger partial charge in [0.2, 0.25) is 5.78 Å². The Morgan fingerprint density at radius 2 is 1.96 bits per heavy atom. The van der Waals surface area contributed by atoms with Crippen LogP contribution in [0.3, 0.4) is 0 Å². The lowest BCUT2D eigenvalue weighted by molar-refractivity contribution is -0.112. The van der Waals surface area contributed by atoms with Crippen LogP contribution in [-0.4, -0.2) is 31.1 Å². The Hall–Kier alpha value is -3.15. The predicted octanol–water partition coefficient (Wildman–Crippen LogP) is 2.20. The van der Waals surface area contributed by atoms with Crippen molar-refractivity contribution in [3.05, 3.63) is 66.4 Å². The number of benzene rings is 1. The van der Waals surface area contributed by atoms with Crippen LogP contribution in [0.1, 0.15) is 23.1 Å². The maximum atomic E-state index is 12.4. The minimum absolute atomic E-state index is 0.191. The third-order valence-corrected chi connectivity index (χ3v) is 3.28. The molecule has 114 valence electrons. The molecule has 0 atom stereocenters. The quantitative estimate of drug-likeness (QED) is 0.533. The maximum absolute atomic E-state index is 12.4. The highest BCUT2D eigenvalue weighted by molar-refractivity contribution is 6.06. The van der Waals surface area contributed by atoms with E-state index in [1.807, 2.05) is 30.3 Å². The highest BCUT2D eigenvalue weighted by atomic mass is 16.1. The van der Waals surface area contributed by atoms with E-state index in [-0.39, 0.29) is 17.4 Å². The predicted molar refractivity (Wildman–Crippen MR) is 85.0 cm³/mol. The number of aromatic nitrogens is 4. The summed E-state index contributed by atoms with van der Waals surface area (Å²) in [6.07, 6.45) is 5.46. The molecule has 3 aromatic rings. The van der Waals surface area contributed by atoms with Gasteiger partial charge in [-0.2, -0.15) is 0 Å². The third-order valence-electron chi connectivity index (χ3n) is 3.28. The second-order valence-corrected chi connectivity index (χ2v) is 5.05. The lowest BCUT2D eigenvalue weighted by Gasteiger charge is -2.06. The Labute approximate surface area is 132 Å². The highest BCUT2D eigenvalue weighted by Crippen LogP contribution is 2.16. The molecule has 0 aliphatic rings. The minimum atomic E-state index is -0.339. The molecule has 0 fully saturated rings. The molecule has 0 N–H and O–H groups in total. The van der Waals surface area contributed by atoms with Crippen molar-refractivity contribution in [1.29, 1.82) is 0 Å². The zero-order valence-electron chi connectivity index (χ0n) is 12.5. The Kier molecular flexibility index (Phi) is 4.05. The van der Waals surface area contributed by atoms with E-state index in [4.69, 9.17) is 0 Å². The molecule has 6 heteroatoms. The first kappa shape index (κ1) is 14.8. The SMILES string of the molecule is CC(=O)/C=C/C(=O)c1nc2cncnc2n1Cc1ccccc1. The van der Waals surface area contributed by atoms with Gasteiger partial charge in [-0.25, -0.2) is 15.0 Å². The molecule has 0 saturated heterocycles. The third kappa shape index (κ3) is 3.21. The van der Waals surface area contributed by atoms with Gasteiger partial charge in [0.1, 0.15) is 11.8 Å². The van der Waals surface area contributed by atoms with E-state index in [2.05, 4.69) is 15.0 Å².